The number of hydrogen-bond acceptors (Lipinski definition) is 3. The zero-order valence-electron chi connectivity index (χ0n) is 12.0. The van der Waals surface area contributed by atoms with Crippen molar-refractivity contribution in [1.82, 2.24) is 4.90 Å². The van der Waals surface area contributed by atoms with Gasteiger partial charge in [0, 0.05) is 19.2 Å². The third kappa shape index (κ3) is 2.30. The molecule has 0 saturated carbocycles. The van der Waals surface area contributed by atoms with Gasteiger partial charge in [-0.15, -0.1) is 0 Å². The van der Waals surface area contributed by atoms with Gasteiger partial charge in [-0.05, 0) is 40.9 Å². The Morgan fingerprint density at radius 1 is 1.36 bits per heavy atom. The minimum Gasteiger partial charge on any atom is -0.508 e. The maximum absolute atomic E-state index is 12.3. The summed E-state index contributed by atoms with van der Waals surface area (Å²) in [4.78, 5) is 24.9. The number of carboxylic acids is 1. The van der Waals surface area contributed by atoms with Gasteiger partial charge in [-0.3, -0.25) is 4.79 Å². The summed E-state index contributed by atoms with van der Waals surface area (Å²) in [5.74, 6) is -1.11. The van der Waals surface area contributed by atoms with E-state index >= 15 is 0 Å². The molecule has 22 heavy (non-hydrogen) atoms. The summed E-state index contributed by atoms with van der Waals surface area (Å²) in [6.45, 7) is 0. The van der Waals surface area contributed by atoms with Gasteiger partial charge in [0.1, 0.15) is 5.76 Å². The quantitative estimate of drug-likeness (QED) is 0.726. The number of likely N-dealkylation sites (N-methyl/N-ethyl adjacent to an activating group) is 1. The first-order valence-corrected chi connectivity index (χ1v) is 6.89. The number of aliphatic hydroxyl groups is 1. The van der Waals surface area contributed by atoms with Gasteiger partial charge in [-0.25, -0.2) is 4.79 Å². The third-order valence-corrected chi connectivity index (χ3v) is 3.96. The molecule has 5 heteroatoms. The van der Waals surface area contributed by atoms with E-state index in [0.29, 0.717) is 17.6 Å². The summed E-state index contributed by atoms with van der Waals surface area (Å²) in [6, 6.07) is -0.412. The van der Waals surface area contributed by atoms with Crippen molar-refractivity contribution in [1.29, 1.82) is 0 Å². The lowest BCUT2D eigenvalue weighted by molar-refractivity contribution is -0.131. The number of rotatable bonds is 1. The van der Waals surface area contributed by atoms with E-state index in [0.717, 1.165) is 11.1 Å². The molecule has 1 atom stereocenters. The van der Waals surface area contributed by atoms with Gasteiger partial charge in [0.2, 0.25) is 5.91 Å². The molecule has 0 aromatic heterocycles. The van der Waals surface area contributed by atoms with Crippen LogP contribution in [-0.4, -0.2) is 40.1 Å². The van der Waals surface area contributed by atoms with Crippen LogP contribution < -0.4 is 0 Å². The average Bonchev–Trinajstić information content (AvgIpc) is 2.56. The van der Waals surface area contributed by atoms with Gasteiger partial charge in [0.25, 0.3) is 0 Å². The second-order valence-electron chi connectivity index (χ2n) is 5.36. The average molecular weight is 297 g/mol. The number of aliphatic hydroxyl groups excluding tert-OH is 1. The lowest BCUT2D eigenvalue weighted by atomic mass is 9.83. The lowest BCUT2D eigenvalue weighted by Gasteiger charge is -2.28. The molecular weight excluding hydrogens is 282 g/mol. The Kier molecular flexibility index (Phi) is 3.33. The molecule has 1 aliphatic heterocycles. The molecule has 2 N–H and O–H groups in total. The maximum Gasteiger partial charge on any atom is 0.328 e. The first-order chi connectivity index (χ1) is 10.5. The summed E-state index contributed by atoms with van der Waals surface area (Å²) in [6.07, 6.45) is 11.7. The number of carbonyl (C=O) groups excluding carboxylic acids is 1. The molecular formula is C17H15NO4. The second kappa shape index (κ2) is 5.18. The van der Waals surface area contributed by atoms with E-state index < -0.39 is 12.0 Å². The van der Waals surface area contributed by atoms with Crippen molar-refractivity contribution < 1.29 is 19.8 Å². The summed E-state index contributed by atoms with van der Waals surface area (Å²) in [7, 11) is 1.66. The first kappa shape index (κ1) is 14.1. The van der Waals surface area contributed by atoms with Crippen LogP contribution in [0.15, 0.2) is 70.6 Å². The number of hydrogen-bond donors (Lipinski definition) is 2. The number of nitrogens with zero attached hydrogens (tertiary/aromatic N) is 1. The van der Waals surface area contributed by atoms with Crippen molar-refractivity contribution in [3.8, 4) is 0 Å². The van der Waals surface area contributed by atoms with Crippen LogP contribution in [0.3, 0.4) is 0 Å². The molecule has 5 nitrogen and oxygen atoms in total. The molecule has 1 heterocycles. The summed E-state index contributed by atoms with van der Waals surface area (Å²) >= 11 is 0. The van der Waals surface area contributed by atoms with E-state index in [4.69, 9.17) is 5.11 Å². The van der Waals surface area contributed by atoms with Gasteiger partial charge in [-0.1, -0.05) is 18.2 Å². The fourth-order valence-corrected chi connectivity index (χ4v) is 2.94. The van der Waals surface area contributed by atoms with Crippen molar-refractivity contribution >= 4 is 11.9 Å². The van der Waals surface area contributed by atoms with Crippen LogP contribution in [0.25, 0.3) is 0 Å². The van der Waals surface area contributed by atoms with E-state index in [1.165, 1.54) is 17.1 Å². The highest BCUT2D eigenvalue weighted by Gasteiger charge is 2.31. The van der Waals surface area contributed by atoms with Gasteiger partial charge >= 0.3 is 5.97 Å². The fourth-order valence-electron chi connectivity index (χ4n) is 2.94. The molecule has 0 bridgehead atoms. The number of amides is 1. The van der Waals surface area contributed by atoms with Crippen molar-refractivity contribution in [2.45, 2.75) is 12.5 Å². The van der Waals surface area contributed by atoms with Crippen LogP contribution in [-0.2, 0) is 9.59 Å². The second-order valence-corrected chi connectivity index (χ2v) is 5.36. The van der Waals surface area contributed by atoms with Crippen molar-refractivity contribution in [3.05, 3.63) is 70.6 Å². The molecule has 112 valence electrons. The topological polar surface area (TPSA) is 77.8 Å². The van der Waals surface area contributed by atoms with E-state index in [-0.39, 0.29) is 11.7 Å². The minimum atomic E-state index is -1.02. The van der Waals surface area contributed by atoms with Crippen molar-refractivity contribution in [2.75, 3.05) is 7.05 Å². The highest BCUT2D eigenvalue weighted by molar-refractivity contribution is 5.93. The van der Waals surface area contributed by atoms with E-state index in [1.54, 1.807) is 25.3 Å². The molecule has 0 radical (unpaired) electrons. The minimum absolute atomic E-state index is 0.0903. The van der Waals surface area contributed by atoms with Crippen LogP contribution in [0.1, 0.15) is 6.42 Å². The van der Waals surface area contributed by atoms with Crippen molar-refractivity contribution in [2.24, 2.45) is 0 Å². The van der Waals surface area contributed by atoms with E-state index in [1.807, 2.05) is 12.2 Å². The molecule has 0 spiro atoms. The predicted molar refractivity (Wildman–Crippen MR) is 81.0 cm³/mol. The Morgan fingerprint density at radius 3 is 2.86 bits per heavy atom. The molecule has 1 amide bonds. The summed E-state index contributed by atoms with van der Waals surface area (Å²) < 4.78 is 0. The predicted octanol–water partition coefficient (Wildman–Crippen LogP) is 2.03. The molecule has 2 aliphatic carbocycles. The number of allylic oxidation sites excluding steroid dienone is 6. The number of fused-ring (bicyclic) bond motifs is 2. The highest BCUT2D eigenvalue weighted by Crippen LogP contribution is 2.37. The standard InChI is InChI=1S/C17H15NO4/c1-18-14-9-12(19)5-6-13(14)17-10(7-15(18)20)3-2-4-11(17)8-16(21)22/h2-3,5-9,14,19H,4H2,1H3,(H,21,22)/b11-8+. The Morgan fingerprint density at radius 2 is 2.14 bits per heavy atom. The molecule has 0 fully saturated rings. The summed E-state index contributed by atoms with van der Waals surface area (Å²) in [5.41, 5.74) is 2.93. The molecule has 3 rings (SSSR count). The van der Waals surface area contributed by atoms with Gasteiger partial charge < -0.3 is 15.1 Å². The SMILES string of the molecule is CN1C(=O)C=C2C=CC/C(=C\C(=O)O)C2=C2C=CC(O)=CC21. The molecule has 1 unspecified atom stereocenters. The monoisotopic (exact) mass is 297 g/mol. The van der Waals surface area contributed by atoms with Crippen LogP contribution in [0.2, 0.25) is 0 Å². The Bertz CT molecular complexity index is 747. The molecule has 3 aliphatic rings. The van der Waals surface area contributed by atoms with Crippen LogP contribution in [0, 0.1) is 0 Å². The molecule has 0 aromatic rings. The summed E-state index contributed by atoms with van der Waals surface area (Å²) in [5, 5.41) is 18.8. The van der Waals surface area contributed by atoms with E-state index in [2.05, 4.69) is 0 Å². The third-order valence-electron chi connectivity index (χ3n) is 3.96. The largest absolute Gasteiger partial charge is 0.508 e. The maximum atomic E-state index is 12.3. The Balaban J connectivity index is 2.27. The number of aliphatic carboxylic acids is 1. The van der Waals surface area contributed by atoms with E-state index in [9.17, 15) is 14.7 Å². The molecule has 0 aromatic carbocycles. The first-order valence-electron chi connectivity index (χ1n) is 6.89. The van der Waals surface area contributed by atoms with Crippen LogP contribution in [0.4, 0.5) is 0 Å². The Hall–Kier alpha value is -2.82. The van der Waals surface area contributed by atoms with Gasteiger partial charge in [-0.2, -0.15) is 0 Å². The van der Waals surface area contributed by atoms with Gasteiger partial charge in [0.15, 0.2) is 0 Å². The van der Waals surface area contributed by atoms with Crippen molar-refractivity contribution in [3.63, 3.8) is 0 Å². The Labute approximate surface area is 127 Å². The number of carbonyl (C=O) groups is 2. The number of carboxylic acid groups (broad SMARTS) is 1. The van der Waals surface area contributed by atoms with Gasteiger partial charge in [0.05, 0.1) is 6.04 Å². The zero-order chi connectivity index (χ0) is 15.9. The zero-order valence-corrected chi connectivity index (χ0v) is 12.0. The molecule has 0 saturated heterocycles. The van der Waals surface area contributed by atoms with Crippen LogP contribution in [0.5, 0.6) is 0 Å². The smallest absolute Gasteiger partial charge is 0.328 e. The van der Waals surface area contributed by atoms with Crippen LogP contribution >= 0.6 is 0 Å². The highest BCUT2D eigenvalue weighted by atomic mass is 16.4. The fraction of sp³-hybridized carbons (Fsp3) is 0.176. The normalized spacial score (nSPS) is 25.5. The lowest BCUT2D eigenvalue weighted by Crippen LogP contribution is -2.36.